The highest BCUT2D eigenvalue weighted by Crippen LogP contribution is 2.46. The number of carbonyl (C=O) groups excluding carboxylic acids is 1. The molecule has 1 fully saturated rings. The quantitative estimate of drug-likeness (QED) is 0.227. The van der Waals surface area contributed by atoms with Crippen LogP contribution in [0.2, 0.25) is 0 Å². The number of ether oxygens (including phenoxy) is 2. The topological polar surface area (TPSA) is 108 Å². The molecule has 0 radical (unpaired) electrons. The highest BCUT2D eigenvalue weighted by atomic mass is 19.4. The summed E-state index contributed by atoms with van der Waals surface area (Å²) < 4.78 is 77.4. The number of aryl methyl sites for hydroxylation is 1. The summed E-state index contributed by atoms with van der Waals surface area (Å²) >= 11 is 0. The van der Waals surface area contributed by atoms with E-state index in [9.17, 15) is 26.7 Å². The van der Waals surface area contributed by atoms with E-state index in [-0.39, 0.29) is 35.5 Å². The molecule has 0 N–H and O–H groups in total. The fourth-order valence-electron chi connectivity index (χ4n) is 4.91. The Labute approximate surface area is 241 Å². The Hall–Kier alpha value is -4.69. The number of alkyl halides is 5. The van der Waals surface area contributed by atoms with Crippen molar-refractivity contribution in [2.45, 2.75) is 64.5 Å². The van der Waals surface area contributed by atoms with E-state index >= 15 is 0 Å². The number of amides is 1. The maximum Gasteiger partial charge on any atom is 0.435 e. The van der Waals surface area contributed by atoms with E-state index in [2.05, 4.69) is 29.8 Å². The molecule has 6 rings (SSSR count). The zero-order valence-corrected chi connectivity index (χ0v) is 23.1. The first-order valence-electron chi connectivity index (χ1n) is 13.2. The maximum atomic E-state index is 13.3. The van der Waals surface area contributed by atoms with Crippen LogP contribution in [0.5, 0.6) is 5.88 Å². The van der Waals surface area contributed by atoms with E-state index in [4.69, 9.17) is 4.74 Å². The average molecular weight is 602 g/mol. The number of halogens is 5. The number of nitrogens with zero attached hydrogens (tertiary/aromatic N) is 7. The van der Waals surface area contributed by atoms with Crippen LogP contribution in [-0.2, 0) is 23.1 Å². The largest absolute Gasteiger partial charge is 0.438 e. The lowest BCUT2D eigenvalue weighted by Gasteiger charge is -2.37. The molecule has 224 valence electrons. The van der Waals surface area contributed by atoms with Gasteiger partial charge in [0.05, 0.1) is 23.5 Å². The molecule has 3 aromatic heterocycles. The van der Waals surface area contributed by atoms with Gasteiger partial charge in [-0.1, -0.05) is 12.1 Å². The molecule has 4 aromatic rings. The van der Waals surface area contributed by atoms with E-state index in [0.717, 1.165) is 25.2 Å². The predicted molar refractivity (Wildman–Crippen MR) is 141 cm³/mol. The van der Waals surface area contributed by atoms with E-state index < -0.39 is 30.2 Å². The Morgan fingerprint density at radius 1 is 1.12 bits per heavy atom. The van der Waals surface area contributed by atoms with Crippen molar-refractivity contribution in [3.05, 3.63) is 71.1 Å². The van der Waals surface area contributed by atoms with Gasteiger partial charge in [-0.25, -0.2) is 29.4 Å². The lowest BCUT2D eigenvalue weighted by atomic mass is 9.98. The van der Waals surface area contributed by atoms with Gasteiger partial charge in [0.1, 0.15) is 23.3 Å². The lowest BCUT2D eigenvalue weighted by Crippen LogP contribution is -2.43. The molecule has 0 saturated heterocycles. The molecule has 15 heteroatoms. The van der Waals surface area contributed by atoms with Crippen molar-refractivity contribution in [3.63, 3.8) is 0 Å². The van der Waals surface area contributed by atoms with Crippen molar-refractivity contribution in [2.24, 2.45) is 0 Å². The summed E-state index contributed by atoms with van der Waals surface area (Å²) in [5.74, 6) is -0.146. The summed E-state index contributed by atoms with van der Waals surface area (Å²) in [4.78, 5) is 31.7. The minimum absolute atomic E-state index is 0.0115. The third kappa shape index (κ3) is 5.46. The van der Waals surface area contributed by atoms with E-state index in [1.54, 1.807) is 38.1 Å². The molecule has 0 bridgehead atoms. The maximum absolute atomic E-state index is 13.3. The van der Waals surface area contributed by atoms with Crippen LogP contribution in [0.3, 0.4) is 0 Å². The van der Waals surface area contributed by atoms with Crippen LogP contribution in [0.1, 0.15) is 60.8 Å². The fourth-order valence-corrected chi connectivity index (χ4v) is 4.91. The third-order valence-electron chi connectivity index (χ3n) is 7.17. The monoisotopic (exact) mass is 601 g/mol. The van der Waals surface area contributed by atoms with E-state index in [1.165, 1.54) is 22.7 Å². The molecular weight excluding hydrogens is 577 g/mol. The van der Waals surface area contributed by atoms with Gasteiger partial charge in [-0.05, 0) is 57.4 Å². The summed E-state index contributed by atoms with van der Waals surface area (Å²) in [5, 5.41) is 3.66. The van der Waals surface area contributed by atoms with E-state index in [1.807, 2.05) is 0 Å². The number of anilines is 1. The standard InChI is InChI=1S/C28H24F5N7O3/c1-14-10-19(28(31,32)33)38-40(14)17-8-4-15(5-9-17)12-39-23-18(27(2,3)43-26(39)41)11-34-22(37-23)20-21(16-6-7-16)35-13-36-24(20)42-25(29)30/h4-5,8-11,13,16,25H,6-7,12H2,1-3H3. The molecule has 4 heterocycles. The summed E-state index contributed by atoms with van der Waals surface area (Å²) in [6, 6.07) is 7.40. The Morgan fingerprint density at radius 2 is 1.84 bits per heavy atom. The Kier molecular flexibility index (Phi) is 6.77. The van der Waals surface area contributed by atoms with Gasteiger partial charge in [-0.2, -0.15) is 27.1 Å². The number of cyclic esters (lactones) is 1. The number of carbonyl (C=O) groups is 1. The van der Waals surface area contributed by atoms with Gasteiger partial charge in [-0.15, -0.1) is 0 Å². The molecule has 43 heavy (non-hydrogen) atoms. The second kappa shape index (κ2) is 10.2. The summed E-state index contributed by atoms with van der Waals surface area (Å²) in [5.41, 5.74) is 0.272. The van der Waals surface area contributed by atoms with Crippen molar-refractivity contribution in [2.75, 3.05) is 4.90 Å². The van der Waals surface area contributed by atoms with Crippen LogP contribution in [0, 0.1) is 6.92 Å². The summed E-state index contributed by atoms with van der Waals surface area (Å²) in [6.45, 7) is 1.70. The van der Waals surface area contributed by atoms with Gasteiger partial charge in [0, 0.05) is 17.8 Å². The molecular formula is C28H24F5N7O3. The van der Waals surface area contributed by atoms with Crippen LogP contribution in [0.25, 0.3) is 17.1 Å². The van der Waals surface area contributed by atoms with Gasteiger partial charge < -0.3 is 9.47 Å². The number of fused-ring (bicyclic) bond motifs is 1. The van der Waals surface area contributed by atoms with Gasteiger partial charge in [0.15, 0.2) is 11.5 Å². The van der Waals surface area contributed by atoms with Crippen molar-refractivity contribution >= 4 is 11.9 Å². The fraction of sp³-hybridized carbons (Fsp3) is 0.357. The molecule has 1 saturated carbocycles. The zero-order valence-electron chi connectivity index (χ0n) is 23.1. The second-order valence-corrected chi connectivity index (χ2v) is 10.7. The molecule has 1 amide bonds. The smallest absolute Gasteiger partial charge is 0.435 e. The van der Waals surface area contributed by atoms with Gasteiger partial charge in [-0.3, -0.25) is 4.90 Å². The lowest BCUT2D eigenvalue weighted by molar-refractivity contribution is -0.141. The molecule has 2 aliphatic rings. The highest BCUT2D eigenvalue weighted by Gasteiger charge is 2.41. The minimum Gasteiger partial charge on any atom is -0.438 e. The Balaban J connectivity index is 1.37. The van der Waals surface area contributed by atoms with Crippen LogP contribution in [-0.4, -0.2) is 42.4 Å². The second-order valence-electron chi connectivity index (χ2n) is 10.7. The third-order valence-corrected chi connectivity index (χ3v) is 7.17. The van der Waals surface area contributed by atoms with Crippen molar-refractivity contribution in [3.8, 4) is 23.0 Å². The van der Waals surface area contributed by atoms with Crippen molar-refractivity contribution in [1.82, 2.24) is 29.7 Å². The minimum atomic E-state index is -4.58. The first kappa shape index (κ1) is 28.4. The number of hydrogen-bond donors (Lipinski definition) is 0. The Bertz CT molecular complexity index is 1700. The molecule has 0 atom stereocenters. The van der Waals surface area contributed by atoms with Crippen LogP contribution in [0.4, 0.5) is 32.6 Å². The number of benzene rings is 1. The van der Waals surface area contributed by atoms with Crippen LogP contribution >= 0.6 is 0 Å². The molecule has 10 nitrogen and oxygen atoms in total. The van der Waals surface area contributed by atoms with Gasteiger partial charge in [0.25, 0.3) is 0 Å². The Morgan fingerprint density at radius 3 is 2.47 bits per heavy atom. The molecule has 0 unspecified atom stereocenters. The number of hydrogen-bond acceptors (Lipinski definition) is 8. The molecule has 1 aliphatic carbocycles. The molecule has 1 aliphatic heterocycles. The van der Waals surface area contributed by atoms with Crippen molar-refractivity contribution < 1.29 is 36.2 Å². The zero-order chi connectivity index (χ0) is 30.7. The average Bonchev–Trinajstić information content (AvgIpc) is 3.70. The number of aromatic nitrogens is 6. The first-order chi connectivity index (χ1) is 20.3. The van der Waals surface area contributed by atoms with Crippen molar-refractivity contribution in [1.29, 1.82) is 0 Å². The summed E-state index contributed by atoms with van der Waals surface area (Å²) in [7, 11) is 0. The van der Waals surface area contributed by atoms with Crippen LogP contribution in [0.15, 0.2) is 42.9 Å². The SMILES string of the molecule is Cc1cc(C(F)(F)F)nn1-c1ccc(CN2C(=O)OC(C)(C)c3cnc(-c4c(OC(F)F)ncnc4C4CC4)nc32)cc1. The van der Waals surface area contributed by atoms with Gasteiger partial charge in [0.2, 0.25) is 5.88 Å². The molecule has 1 aromatic carbocycles. The first-order valence-corrected chi connectivity index (χ1v) is 13.2. The van der Waals surface area contributed by atoms with E-state index in [0.29, 0.717) is 28.2 Å². The number of rotatable bonds is 7. The van der Waals surface area contributed by atoms with Crippen LogP contribution < -0.4 is 9.64 Å². The normalized spacial score (nSPS) is 16.3. The predicted octanol–water partition coefficient (Wildman–Crippen LogP) is 6.32. The highest BCUT2D eigenvalue weighted by molar-refractivity contribution is 5.90. The molecule has 0 spiro atoms. The van der Waals surface area contributed by atoms with Gasteiger partial charge >= 0.3 is 18.9 Å². The summed E-state index contributed by atoms with van der Waals surface area (Å²) in [6.07, 6.45) is -1.06.